The van der Waals surface area contributed by atoms with Crippen LogP contribution in [-0.4, -0.2) is 49.1 Å². The largest absolute Gasteiger partial charge is 0.497 e. The second kappa shape index (κ2) is 10.8. The van der Waals surface area contributed by atoms with E-state index in [1.165, 1.54) is 10.9 Å². The molecule has 0 saturated carbocycles. The topological polar surface area (TPSA) is 57.4 Å². The number of aromatic amines is 1. The van der Waals surface area contributed by atoms with Gasteiger partial charge in [0.15, 0.2) is 0 Å². The lowest BCUT2D eigenvalue weighted by molar-refractivity contribution is -0.122. The number of benzene rings is 2. The molecule has 2 aromatic carbocycles. The van der Waals surface area contributed by atoms with Gasteiger partial charge in [0.2, 0.25) is 5.91 Å². The number of methoxy groups -OCH3 is 1. The maximum absolute atomic E-state index is 12.7. The van der Waals surface area contributed by atoms with Crippen LogP contribution in [0.4, 0.5) is 0 Å². The summed E-state index contributed by atoms with van der Waals surface area (Å²) in [7, 11) is 1.67. The van der Waals surface area contributed by atoms with Crippen LogP contribution in [0.5, 0.6) is 5.75 Å². The van der Waals surface area contributed by atoms with Crippen molar-refractivity contribution in [1.29, 1.82) is 0 Å². The van der Waals surface area contributed by atoms with Gasteiger partial charge in [-0.3, -0.25) is 9.69 Å². The number of aromatic nitrogens is 1. The van der Waals surface area contributed by atoms with Crippen molar-refractivity contribution in [3.63, 3.8) is 0 Å². The van der Waals surface area contributed by atoms with Gasteiger partial charge in [-0.15, -0.1) is 0 Å². The van der Waals surface area contributed by atoms with Crippen molar-refractivity contribution in [3.8, 4) is 5.75 Å². The standard InChI is InChI=1S/C25H33N3O2/c1-4-14-28(15-5-2)18-25(29)27-16-22(19-10-12-20(30-3)13-11-19)23-17-26-24-9-7-6-8-21(23)24/h6-13,17,22,26H,4-5,14-16,18H2,1-3H3,(H,27,29). The van der Waals surface area contributed by atoms with Crippen LogP contribution in [0.15, 0.2) is 54.7 Å². The van der Waals surface area contributed by atoms with Crippen LogP contribution in [0.25, 0.3) is 10.9 Å². The Morgan fingerprint density at radius 3 is 2.43 bits per heavy atom. The predicted molar refractivity (Wildman–Crippen MR) is 123 cm³/mol. The Balaban J connectivity index is 1.80. The van der Waals surface area contributed by atoms with E-state index < -0.39 is 0 Å². The summed E-state index contributed by atoms with van der Waals surface area (Å²) in [6.45, 7) is 7.20. The van der Waals surface area contributed by atoms with E-state index in [4.69, 9.17) is 4.74 Å². The van der Waals surface area contributed by atoms with Crippen molar-refractivity contribution in [1.82, 2.24) is 15.2 Å². The molecule has 0 aliphatic carbocycles. The molecule has 0 saturated heterocycles. The van der Waals surface area contributed by atoms with E-state index in [1.807, 2.05) is 18.2 Å². The number of rotatable bonds is 11. The maximum atomic E-state index is 12.7. The zero-order valence-corrected chi connectivity index (χ0v) is 18.3. The molecular formula is C25H33N3O2. The highest BCUT2D eigenvalue weighted by atomic mass is 16.5. The molecule has 30 heavy (non-hydrogen) atoms. The third-order valence-electron chi connectivity index (χ3n) is 5.47. The highest BCUT2D eigenvalue weighted by Gasteiger charge is 2.20. The first-order valence-electron chi connectivity index (χ1n) is 10.8. The van der Waals surface area contributed by atoms with Gasteiger partial charge in [0.05, 0.1) is 13.7 Å². The first-order valence-corrected chi connectivity index (χ1v) is 10.8. The van der Waals surface area contributed by atoms with Gasteiger partial charge < -0.3 is 15.0 Å². The number of carbonyl (C=O) groups is 1. The van der Waals surface area contributed by atoms with Crippen LogP contribution < -0.4 is 10.1 Å². The van der Waals surface area contributed by atoms with Crippen LogP contribution in [0.2, 0.25) is 0 Å². The predicted octanol–water partition coefficient (Wildman–Crippen LogP) is 4.55. The van der Waals surface area contributed by atoms with Gasteiger partial charge in [-0.25, -0.2) is 0 Å². The van der Waals surface area contributed by atoms with Crippen molar-refractivity contribution < 1.29 is 9.53 Å². The number of ether oxygens (including phenoxy) is 1. The molecule has 1 amide bonds. The summed E-state index contributed by atoms with van der Waals surface area (Å²) < 4.78 is 5.32. The van der Waals surface area contributed by atoms with E-state index in [9.17, 15) is 4.79 Å². The molecule has 5 nitrogen and oxygen atoms in total. The van der Waals surface area contributed by atoms with E-state index in [2.05, 4.69) is 65.6 Å². The molecule has 160 valence electrons. The summed E-state index contributed by atoms with van der Waals surface area (Å²) in [5.74, 6) is 0.965. The number of hydrogen-bond acceptors (Lipinski definition) is 3. The fraction of sp³-hybridized carbons (Fsp3) is 0.400. The number of para-hydroxylation sites is 1. The Morgan fingerprint density at radius 2 is 1.77 bits per heavy atom. The zero-order chi connectivity index (χ0) is 21.3. The first-order chi connectivity index (χ1) is 14.7. The molecule has 3 aromatic rings. The molecule has 2 N–H and O–H groups in total. The molecule has 1 atom stereocenters. The van der Waals surface area contributed by atoms with Crippen LogP contribution in [0.1, 0.15) is 43.7 Å². The van der Waals surface area contributed by atoms with Gasteiger partial charge in [0.25, 0.3) is 0 Å². The van der Waals surface area contributed by atoms with Gasteiger partial charge in [-0.2, -0.15) is 0 Å². The summed E-state index contributed by atoms with van der Waals surface area (Å²) >= 11 is 0. The number of fused-ring (bicyclic) bond motifs is 1. The molecule has 0 spiro atoms. The van der Waals surface area contributed by atoms with Crippen LogP contribution in [-0.2, 0) is 4.79 Å². The fourth-order valence-electron chi connectivity index (χ4n) is 4.00. The summed E-state index contributed by atoms with van der Waals surface area (Å²) in [6, 6.07) is 16.4. The van der Waals surface area contributed by atoms with Crippen LogP contribution >= 0.6 is 0 Å². The monoisotopic (exact) mass is 407 g/mol. The van der Waals surface area contributed by atoms with Crippen molar-refractivity contribution >= 4 is 16.8 Å². The van der Waals surface area contributed by atoms with Crippen LogP contribution in [0.3, 0.4) is 0 Å². The summed E-state index contributed by atoms with van der Waals surface area (Å²) in [6.07, 6.45) is 4.17. The summed E-state index contributed by atoms with van der Waals surface area (Å²) in [5.41, 5.74) is 3.45. The molecule has 0 fully saturated rings. The van der Waals surface area contributed by atoms with E-state index in [0.29, 0.717) is 13.1 Å². The van der Waals surface area contributed by atoms with E-state index in [-0.39, 0.29) is 11.8 Å². The smallest absolute Gasteiger partial charge is 0.234 e. The highest BCUT2D eigenvalue weighted by molar-refractivity contribution is 5.84. The Kier molecular flexibility index (Phi) is 7.91. The number of amides is 1. The van der Waals surface area contributed by atoms with Gasteiger partial charge in [-0.1, -0.05) is 44.2 Å². The molecule has 5 heteroatoms. The maximum Gasteiger partial charge on any atom is 0.234 e. The minimum Gasteiger partial charge on any atom is -0.497 e. The molecule has 0 aliphatic rings. The molecule has 1 heterocycles. The Hall–Kier alpha value is -2.79. The van der Waals surface area contributed by atoms with Crippen molar-refractivity contribution in [3.05, 3.63) is 65.9 Å². The second-order valence-corrected chi connectivity index (χ2v) is 7.70. The van der Waals surface area contributed by atoms with E-state index >= 15 is 0 Å². The zero-order valence-electron chi connectivity index (χ0n) is 18.3. The molecule has 0 radical (unpaired) electrons. The number of carbonyl (C=O) groups excluding carboxylic acids is 1. The third kappa shape index (κ3) is 5.42. The van der Waals surface area contributed by atoms with Crippen molar-refractivity contribution in [2.24, 2.45) is 0 Å². The molecular weight excluding hydrogens is 374 g/mol. The number of nitrogens with one attached hydrogen (secondary N) is 2. The molecule has 0 bridgehead atoms. The average Bonchev–Trinajstić information content (AvgIpc) is 3.19. The third-order valence-corrected chi connectivity index (χ3v) is 5.47. The average molecular weight is 408 g/mol. The van der Waals surface area contributed by atoms with E-state index in [0.717, 1.165) is 42.8 Å². The van der Waals surface area contributed by atoms with Gasteiger partial charge in [0.1, 0.15) is 5.75 Å². The van der Waals surface area contributed by atoms with Gasteiger partial charge in [-0.05, 0) is 55.3 Å². The van der Waals surface area contributed by atoms with Crippen molar-refractivity contribution in [2.45, 2.75) is 32.6 Å². The quantitative estimate of drug-likeness (QED) is 0.490. The Labute approximate surface area is 179 Å². The van der Waals surface area contributed by atoms with Gasteiger partial charge in [0, 0.05) is 29.6 Å². The minimum atomic E-state index is 0.0572. The minimum absolute atomic E-state index is 0.0572. The lowest BCUT2D eigenvalue weighted by Crippen LogP contribution is -2.39. The van der Waals surface area contributed by atoms with Gasteiger partial charge >= 0.3 is 0 Å². The SMILES string of the molecule is CCCN(CCC)CC(=O)NCC(c1ccc(OC)cc1)c1c[nH]c2ccccc12. The Morgan fingerprint density at radius 1 is 1.07 bits per heavy atom. The first kappa shape index (κ1) is 21.9. The highest BCUT2D eigenvalue weighted by Crippen LogP contribution is 2.31. The lowest BCUT2D eigenvalue weighted by atomic mass is 9.90. The fourth-order valence-corrected chi connectivity index (χ4v) is 4.00. The summed E-state index contributed by atoms with van der Waals surface area (Å²) in [4.78, 5) is 18.3. The Bertz CT molecular complexity index is 927. The molecule has 0 aliphatic heterocycles. The summed E-state index contributed by atoms with van der Waals surface area (Å²) in [5, 5.41) is 4.37. The lowest BCUT2D eigenvalue weighted by Gasteiger charge is -2.22. The molecule has 1 unspecified atom stereocenters. The number of hydrogen-bond donors (Lipinski definition) is 2. The van der Waals surface area contributed by atoms with E-state index in [1.54, 1.807) is 7.11 Å². The molecule has 3 rings (SSSR count). The normalized spacial score (nSPS) is 12.3. The van der Waals surface area contributed by atoms with Crippen LogP contribution in [0, 0.1) is 0 Å². The number of H-pyrrole nitrogens is 1. The molecule has 1 aromatic heterocycles. The van der Waals surface area contributed by atoms with Crippen molar-refractivity contribution in [2.75, 3.05) is 33.3 Å². The second-order valence-electron chi connectivity index (χ2n) is 7.70. The number of nitrogens with zero attached hydrogens (tertiary/aromatic N) is 1.